The summed E-state index contributed by atoms with van der Waals surface area (Å²) in [4.78, 5) is 28.9. The van der Waals surface area contributed by atoms with Gasteiger partial charge in [-0.2, -0.15) is 0 Å². The van der Waals surface area contributed by atoms with Crippen molar-refractivity contribution in [1.29, 1.82) is 0 Å². The number of carbonyl (C=O) groups is 2. The topological polar surface area (TPSA) is 114 Å². The van der Waals surface area contributed by atoms with E-state index in [0.717, 1.165) is 19.4 Å². The average Bonchev–Trinajstić information content (AvgIpc) is 2.86. The number of likely N-dealkylation sites (tertiary alicyclic amines) is 1. The Morgan fingerprint density at radius 2 is 2.26 bits per heavy atom. The number of carbonyl (C=O) groups excluding carboxylic acids is 2. The Morgan fingerprint density at radius 3 is 2.95 bits per heavy atom. The van der Waals surface area contributed by atoms with Crippen LogP contribution in [0.1, 0.15) is 29.0 Å². The standard InChI is InChI=1S/C12H17N5O2/c13-11(18)10-5-2-6-17(10)7-8-3-1-4-9(15-8)12(19)16-14/h1,3-4,10H,2,5-7,14H2,(H2,13,18)(H,16,19). The van der Waals surface area contributed by atoms with Gasteiger partial charge in [0.25, 0.3) is 5.91 Å². The zero-order valence-electron chi connectivity index (χ0n) is 10.5. The lowest BCUT2D eigenvalue weighted by atomic mass is 10.2. The molecule has 1 aromatic rings. The SMILES string of the molecule is NNC(=O)c1cccc(CN2CCCC2C(N)=O)n1. The average molecular weight is 263 g/mol. The number of nitrogens with one attached hydrogen (secondary N) is 1. The Balaban J connectivity index is 2.10. The summed E-state index contributed by atoms with van der Waals surface area (Å²) in [7, 11) is 0. The van der Waals surface area contributed by atoms with Gasteiger partial charge in [-0.15, -0.1) is 0 Å². The largest absolute Gasteiger partial charge is 0.368 e. The van der Waals surface area contributed by atoms with E-state index in [9.17, 15) is 9.59 Å². The molecule has 1 atom stereocenters. The van der Waals surface area contributed by atoms with E-state index in [4.69, 9.17) is 11.6 Å². The third kappa shape index (κ3) is 3.07. The zero-order chi connectivity index (χ0) is 13.8. The summed E-state index contributed by atoms with van der Waals surface area (Å²) in [6.45, 7) is 1.31. The van der Waals surface area contributed by atoms with E-state index in [0.29, 0.717) is 12.2 Å². The van der Waals surface area contributed by atoms with Crippen molar-refractivity contribution in [2.24, 2.45) is 11.6 Å². The van der Waals surface area contributed by atoms with Crippen molar-refractivity contribution in [2.45, 2.75) is 25.4 Å². The second-order valence-electron chi connectivity index (χ2n) is 4.52. The van der Waals surface area contributed by atoms with Gasteiger partial charge >= 0.3 is 0 Å². The molecule has 5 N–H and O–H groups in total. The minimum Gasteiger partial charge on any atom is -0.368 e. The molecule has 2 amide bonds. The van der Waals surface area contributed by atoms with Crippen LogP contribution in [-0.4, -0.2) is 34.3 Å². The summed E-state index contributed by atoms with van der Waals surface area (Å²) in [5.41, 5.74) is 8.38. The van der Waals surface area contributed by atoms with Gasteiger partial charge in [-0.1, -0.05) is 6.07 Å². The summed E-state index contributed by atoms with van der Waals surface area (Å²) in [6, 6.07) is 4.89. The quantitative estimate of drug-likeness (QED) is 0.371. The van der Waals surface area contributed by atoms with Crippen molar-refractivity contribution in [3.63, 3.8) is 0 Å². The van der Waals surface area contributed by atoms with Gasteiger partial charge < -0.3 is 5.73 Å². The number of nitrogen functional groups attached to an aromatic ring is 1. The van der Waals surface area contributed by atoms with Crippen molar-refractivity contribution in [2.75, 3.05) is 6.54 Å². The van der Waals surface area contributed by atoms with E-state index in [2.05, 4.69) is 4.98 Å². The number of primary amides is 1. The predicted molar refractivity (Wildman–Crippen MR) is 68.5 cm³/mol. The fourth-order valence-electron chi connectivity index (χ4n) is 2.31. The van der Waals surface area contributed by atoms with Crippen LogP contribution in [0.25, 0.3) is 0 Å². The number of hydrogen-bond donors (Lipinski definition) is 3. The summed E-state index contributed by atoms with van der Waals surface area (Å²) >= 11 is 0. The third-order valence-electron chi connectivity index (χ3n) is 3.23. The van der Waals surface area contributed by atoms with Gasteiger partial charge in [0.05, 0.1) is 11.7 Å². The fraction of sp³-hybridized carbons (Fsp3) is 0.417. The van der Waals surface area contributed by atoms with Crippen molar-refractivity contribution >= 4 is 11.8 Å². The molecule has 0 aliphatic carbocycles. The minimum atomic E-state index is -0.435. The molecule has 1 aromatic heterocycles. The Hall–Kier alpha value is -1.99. The highest BCUT2D eigenvalue weighted by Crippen LogP contribution is 2.19. The lowest BCUT2D eigenvalue weighted by molar-refractivity contribution is -0.122. The van der Waals surface area contributed by atoms with Gasteiger partial charge in [0.1, 0.15) is 5.69 Å². The predicted octanol–water partition coefficient (Wildman–Crippen LogP) is -0.865. The monoisotopic (exact) mass is 263 g/mol. The van der Waals surface area contributed by atoms with E-state index in [-0.39, 0.29) is 17.6 Å². The number of nitrogens with two attached hydrogens (primary N) is 2. The van der Waals surface area contributed by atoms with Crippen LogP contribution in [0.4, 0.5) is 0 Å². The number of hydrazine groups is 1. The number of rotatable bonds is 4. The molecule has 0 spiro atoms. The molecule has 0 saturated carbocycles. The first-order valence-electron chi connectivity index (χ1n) is 6.12. The van der Waals surface area contributed by atoms with Crippen molar-refractivity contribution in [3.05, 3.63) is 29.6 Å². The maximum Gasteiger partial charge on any atom is 0.283 e. The molecule has 0 bridgehead atoms. The second-order valence-corrected chi connectivity index (χ2v) is 4.52. The smallest absolute Gasteiger partial charge is 0.283 e. The molecule has 2 rings (SSSR count). The first-order valence-corrected chi connectivity index (χ1v) is 6.12. The molecule has 0 aromatic carbocycles. The maximum atomic E-state index is 11.4. The van der Waals surface area contributed by atoms with Gasteiger partial charge in [0.2, 0.25) is 5.91 Å². The second kappa shape index (κ2) is 5.77. The zero-order valence-corrected chi connectivity index (χ0v) is 10.5. The number of aromatic nitrogens is 1. The number of nitrogens with zero attached hydrogens (tertiary/aromatic N) is 2. The van der Waals surface area contributed by atoms with E-state index in [1.807, 2.05) is 16.4 Å². The highest BCUT2D eigenvalue weighted by atomic mass is 16.2. The molecule has 2 heterocycles. The molecule has 0 radical (unpaired) electrons. The van der Waals surface area contributed by atoms with Crippen LogP contribution in [0, 0.1) is 0 Å². The molecule has 1 unspecified atom stereocenters. The molecule has 19 heavy (non-hydrogen) atoms. The first kappa shape index (κ1) is 13.4. The van der Waals surface area contributed by atoms with Crippen LogP contribution in [0.15, 0.2) is 18.2 Å². The first-order chi connectivity index (χ1) is 9.11. The number of amides is 2. The van der Waals surface area contributed by atoms with Crippen LogP contribution in [0.2, 0.25) is 0 Å². The van der Waals surface area contributed by atoms with Crippen LogP contribution in [-0.2, 0) is 11.3 Å². The van der Waals surface area contributed by atoms with Gasteiger partial charge in [-0.25, -0.2) is 10.8 Å². The summed E-state index contributed by atoms with van der Waals surface area (Å²) in [5.74, 6) is 4.32. The minimum absolute atomic E-state index is 0.242. The van der Waals surface area contributed by atoms with E-state index >= 15 is 0 Å². The highest BCUT2D eigenvalue weighted by Gasteiger charge is 2.29. The molecule has 1 saturated heterocycles. The normalized spacial score (nSPS) is 19.3. The summed E-state index contributed by atoms with van der Waals surface area (Å²) in [6.07, 6.45) is 1.72. The molecule has 1 aliphatic rings. The summed E-state index contributed by atoms with van der Waals surface area (Å²) in [5, 5.41) is 0. The van der Waals surface area contributed by atoms with Crippen LogP contribution >= 0.6 is 0 Å². The maximum absolute atomic E-state index is 11.4. The lowest BCUT2D eigenvalue weighted by Crippen LogP contribution is -2.40. The van der Waals surface area contributed by atoms with E-state index in [1.54, 1.807) is 12.1 Å². The Morgan fingerprint density at radius 1 is 1.47 bits per heavy atom. The van der Waals surface area contributed by atoms with E-state index < -0.39 is 5.91 Å². The lowest BCUT2D eigenvalue weighted by Gasteiger charge is -2.21. The molecule has 1 aliphatic heterocycles. The molecular weight excluding hydrogens is 246 g/mol. The number of hydrogen-bond acceptors (Lipinski definition) is 5. The van der Waals surface area contributed by atoms with Gasteiger partial charge in [0.15, 0.2) is 0 Å². The molecular formula is C12H17N5O2. The third-order valence-corrected chi connectivity index (χ3v) is 3.23. The molecule has 7 heteroatoms. The van der Waals surface area contributed by atoms with Crippen molar-refractivity contribution < 1.29 is 9.59 Å². The van der Waals surface area contributed by atoms with E-state index in [1.165, 1.54) is 0 Å². The molecule has 7 nitrogen and oxygen atoms in total. The Labute approximate surface area is 110 Å². The molecule has 1 fully saturated rings. The van der Waals surface area contributed by atoms with Crippen molar-refractivity contribution in [1.82, 2.24) is 15.3 Å². The molecule has 102 valence electrons. The van der Waals surface area contributed by atoms with Gasteiger partial charge in [-0.3, -0.25) is 19.9 Å². The van der Waals surface area contributed by atoms with Crippen molar-refractivity contribution in [3.8, 4) is 0 Å². The van der Waals surface area contributed by atoms with Crippen LogP contribution in [0.3, 0.4) is 0 Å². The summed E-state index contributed by atoms with van der Waals surface area (Å²) < 4.78 is 0. The highest BCUT2D eigenvalue weighted by molar-refractivity contribution is 5.91. The number of pyridine rings is 1. The Bertz CT molecular complexity index is 491. The van der Waals surface area contributed by atoms with Crippen LogP contribution < -0.4 is 17.0 Å². The van der Waals surface area contributed by atoms with Crippen LogP contribution in [0.5, 0.6) is 0 Å². The van der Waals surface area contributed by atoms with Gasteiger partial charge in [0, 0.05) is 6.54 Å². The van der Waals surface area contributed by atoms with Gasteiger partial charge in [-0.05, 0) is 31.5 Å². The fourth-order valence-corrected chi connectivity index (χ4v) is 2.31. The Kier molecular flexibility index (Phi) is 4.08.